The van der Waals surface area contributed by atoms with Crippen molar-refractivity contribution in [2.75, 3.05) is 6.61 Å². The minimum absolute atomic E-state index is 0.144. The van der Waals surface area contributed by atoms with Gasteiger partial charge in [0.15, 0.2) is 0 Å². The molecule has 1 unspecified atom stereocenters. The van der Waals surface area contributed by atoms with Gasteiger partial charge in [0.25, 0.3) is 0 Å². The molecule has 0 aromatic carbocycles. The molecule has 0 aliphatic heterocycles. The number of aliphatic carboxylic acids is 1. The van der Waals surface area contributed by atoms with E-state index in [2.05, 4.69) is 13.8 Å². The van der Waals surface area contributed by atoms with Crippen molar-refractivity contribution >= 4 is 11.9 Å². The molecule has 0 bridgehead atoms. The first-order valence-electron chi connectivity index (χ1n) is 6.27. The van der Waals surface area contributed by atoms with Crippen molar-refractivity contribution in [1.82, 2.24) is 0 Å². The Morgan fingerprint density at radius 3 is 2.24 bits per heavy atom. The SMILES string of the molecule is CCOC(=O)C(CC)(CCC(C)C)CC(=O)O. The molecule has 0 radical (unpaired) electrons. The minimum atomic E-state index is -0.941. The molecular weight excluding hydrogens is 220 g/mol. The molecule has 0 saturated heterocycles. The molecule has 0 heterocycles. The maximum Gasteiger partial charge on any atom is 0.312 e. The number of carbonyl (C=O) groups excluding carboxylic acids is 1. The molecule has 1 atom stereocenters. The lowest BCUT2D eigenvalue weighted by Crippen LogP contribution is -2.35. The van der Waals surface area contributed by atoms with Crippen LogP contribution < -0.4 is 0 Å². The van der Waals surface area contributed by atoms with Gasteiger partial charge in [-0.3, -0.25) is 9.59 Å². The van der Waals surface area contributed by atoms with Gasteiger partial charge in [0, 0.05) is 0 Å². The Morgan fingerprint density at radius 1 is 1.29 bits per heavy atom. The van der Waals surface area contributed by atoms with Gasteiger partial charge >= 0.3 is 11.9 Å². The standard InChI is InChI=1S/C13H24O4/c1-5-13(9-11(14)15,8-7-10(3)4)12(16)17-6-2/h10H,5-9H2,1-4H3,(H,14,15). The lowest BCUT2D eigenvalue weighted by molar-refractivity contribution is -0.161. The van der Waals surface area contributed by atoms with Crippen molar-refractivity contribution in [2.24, 2.45) is 11.3 Å². The summed E-state index contributed by atoms with van der Waals surface area (Å²) >= 11 is 0. The Hall–Kier alpha value is -1.06. The van der Waals surface area contributed by atoms with Gasteiger partial charge in [-0.1, -0.05) is 20.8 Å². The topological polar surface area (TPSA) is 63.6 Å². The molecule has 1 N–H and O–H groups in total. The Labute approximate surface area is 103 Å². The third-order valence-electron chi connectivity index (χ3n) is 3.08. The fourth-order valence-electron chi connectivity index (χ4n) is 1.85. The summed E-state index contributed by atoms with van der Waals surface area (Å²) in [7, 11) is 0. The quantitative estimate of drug-likeness (QED) is 0.667. The number of rotatable bonds is 8. The number of carboxylic acids is 1. The van der Waals surface area contributed by atoms with Gasteiger partial charge in [-0.25, -0.2) is 0 Å². The maximum absolute atomic E-state index is 12.0. The van der Waals surface area contributed by atoms with Crippen molar-refractivity contribution in [1.29, 1.82) is 0 Å². The van der Waals surface area contributed by atoms with E-state index in [0.29, 0.717) is 25.4 Å². The lowest BCUT2D eigenvalue weighted by atomic mass is 9.76. The zero-order valence-electron chi connectivity index (χ0n) is 11.3. The summed E-state index contributed by atoms with van der Waals surface area (Å²) in [6.45, 7) is 8.00. The van der Waals surface area contributed by atoms with E-state index >= 15 is 0 Å². The number of esters is 1. The number of hydrogen-bond donors (Lipinski definition) is 1. The van der Waals surface area contributed by atoms with Crippen molar-refractivity contribution in [3.63, 3.8) is 0 Å². The van der Waals surface area contributed by atoms with Crippen LogP contribution in [0.15, 0.2) is 0 Å². The molecule has 0 aliphatic carbocycles. The van der Waals surface area contributed by atoms with Gasteiger partial charge in [0.05, 0.1) is 18.4 Å². The van der Waals surface area contributed by atoms with Crippen LogP contribution in [-0.4, -0.2) is 23.7 Å². The number of hydrogen-bond acceptors (Lipinski definition) is 3. The molecule has 4 heteroatoms. The highest BCUT2D eigenvalue weighted by molar-refractivity contribution is 5.82. The van der Waals surface area contributed by atoms with E-state index < -0.39 is 11.4 Å². The molecule has 17 heavy (non-hydrogen) atoms. The van der Waals surface area contributed by atoms with E-state index in [-0.39, 0.29) is 12.4 Å². The first-order valence-corrected chi connectivity index (χ1v) is 6.27. The molecule has 0 saturated carbocycles. The van der Waals surface area contributed by atoms with Gasteiger partial charge in [-0.05, 0) is 32.1 Å². The first kappa shape index (κ1) is 15.9. The van der Waals surface area contributed by atoms with Crippen molar-refractivity contribution in [2.45, 2.75) is 53.4 Å². The second-order valence-corrected chi connectivity index (χ2v) is 4.86. The van der Waals surface area contributed by atoms with Crippen LogP contribution in [0.1, 0.15) is 53.4 Å². The van der Waals surface area contributed by atoms with Crippen LogP contribution in [0.5, 0.6) is 0 Å². The molecule has 0 aromatic rings. The zero-order valence-corrected chi connectivity index (χ0v) is 11.3. The zero-order chi connectivity index (χ0) is 13.5. The summed E-state index contributed by atoms with van der Waals surface area (Å²) in [5, 5.41) is 8.95. The van der Waals surface area contributed by atoms with Crippen molar-refractivity contribution in [3.8, 4) is 0 Å². The van der Waals surface area contributed by atoms with Crippen LogP contribution in [0.2, 0.25) is 0 Å². The Kier molecular flexibility index (Phi) is 6.85. The largest absolute Gasteiger partial charge is 0.481 e. The highest BCUT2D eigenvalue weighted by atomic mass is 16.5. The van der Waals surface area contributed by atoms with Gasteiger partial charge in [-0.15, -0.1) is 0 Å². The molecular formula is C13H24O4. The summed E-state index contributed by atoms with van der Waals surface area (Å²) in [5.41, 5.74) is -0.855. The van der Waals surface area contributed by atoms with Gasteiger partial charge in [0.1, 0.15) is 0 Å². The molecule has 0 spiro atoms. The molecule has 0 rings (SSSR count). The minimum Gasteiger partial charge on any atom is -0.481 e. The van der Waals surface area contributed by atoms with E-state index in [1.54, 1.807) is 6.92 Å². The fraction of sp³-hybridized carbons (Fsp3) is 0.846. The van der Waals surface area contributed by atoms with Crippen molar-refractivity contribution in [3.05, 3.63) is 0 Å². The number of carboxylic acid groups (broad SMARTS) is 1. The average molecular weight is 244 g/mol. The highest BCUT2D eigenvalue weighted by Gasteiger charge is 2.40. The predicted molar refractivity (Wildman–Crippen MR) is 65.7 cm³/mol. The van der Waals surface area contributed by atoms with E-state index in [9.17, 15) is 9.59 Å². The molecule has 0 aliphatic rings. The predicted octanol–water partition coefficient (Wildman–Crippen LogP) is 2.86. The molecule has 0 amide bonds. The van der Waals surface area contributed by atoms with Crippen LogP contribution in [0.3, 0.4) is 0 Å². The third kappa shape index (κ3) is 5.20. The Morgan fingerprint density at radius 2 is 1.88 bits per heavy atom. The van der Waals surface area contributed by atoms with Gasteiger partial charge in [-0.2, -0.15) is 0 Å². The van der Waals surface area contributed by atoms with Crippen LogP contribution in [0.4, 0.5) is 0 Å². The molecule has 4 nitrogen and oxygen atoms in total. The van der Waals surface area contributed by atoms with Gasteiger partial charge in [0.2, 0.25) is 0 Å². The van der Waals surface area contributed by atoms with E-state index in [4.69, 9.17) is 9.84 Å². The number of carbonyl (C=O) groups is 2. The lowest BCUT2D eigenvalue weighted by Gasteiger charge is -2.29. The second kappa shape index (κ2) is 7.30. The Balaban J connectivity index is 4.85. The molecule has 0 fully saturated rings. The Bertz CT molecular complexity index is 260. The van der Waals surface area contributed by atoms with Crippen LogP contribution in [0, 0.1) is 11.3 Å². The second-order valence-electron chi connectivity index (χ2n) is 4.86. The monoisotopic (exact) mass is 244 g/mol. The van der Waals surface area contributed by atoms with Crippen molar-refractivity contribution < 1.29 is 19.4 Å². The summed E-state index contributed by atoms with van der Waals surface area (Å²) in [5.74, 6) is -0.863. The first-order chi connectivity index (χ1) is 7.88. The molecule has 0 aromatic heterocycles. The van der Waals surface area contributed by atoms with E-state index in [1.807, 2.05) is 6.92 Å². The summed E-state index contributed by atoms with van der Waals surface area (Å²) in [6, 6.07) is 0. The summed E-state index contributed by atoms with van der Waals surface area (Å²) in [4.78, 5) is 22.9. The van der Waals surface area contributed by atoms with Crippen LogP contribution in [0.25, 0.3) is 0 Å². The van der Waals surface area contributed by atoms with Crippen LogP contribution >= 0.6 is 0 Å². The number of ether oxygens (including phenoxy) is 1. The summed E-state index contributed by atoms with van der Waals surface area (Å²) in [6.07, 6.45) is 1.77. The maximum atomic E-state index is 12.0. The molecule has 100 valence electrons. The highest BCUT2D eigenvalue weighted by Crippen LogP contribution is 2.35. The smallest absolute Gasteiger partial charge is 0.312 e. The van der Waals surface area contributed by atoms with Crippen LogP contribution in [-0.2, 0) is 14.3 Å². The normalized spacial score (nSPS) is 14.4. The average Bonchev–Trinajstić information content (AvgIpc) is 2.23. The van der Waals surface area contributed by atoms with Gasteiger partial charge < -0.3 is 9.84 Å². The summed E-state index contributed by atoms with van der Waals surface area (Å²) < 4.78 is 5.03. The fourth-order valence-corrected chi connectivity index (χ4v) is 1.85. The third-order valence-corrected chi connectivity index (χ3v) is 3.08. The van der Waals surface area contributed by atoms with E-state index in [1.165, 1.54) is 0 Å². The van der Waals surface area contributed by atoms with E-state index in [0.717, 1.165) is 6.42 Å².